The molecule has 0 aromatic carbocycles. The Balaban J connectivity index is 0.000000192. The van der Waals surface area contributed by atoms with Crippen LogP contribution in [0.4, 0.5) is 0 Å². The molecule has 104 valence electrons. The summed E-state index contributed by atoms with van der Waals surface area (Å²) >= 11 is 1.60. The normalized spacial score (nSPS) is 27.7. The van der Waals surface area contributed by atoms with Crippen LogP contribution in [-0.4, -0.2) is 56.0 Å². The van der Waals surface area contributed by atoms with Crippen molar-refractivity contribution in [2.75, 3.05) is 19.6 Å². The smallest absolute Gasteiger partial charge is 0.414 e. The highest BCUT2D eigenvalue weighted by Crippen LogP contribution is 2.39. The standard InChI is InChI=1S/C9H13N3S.C2H2O4/c1-6-10-9(13-11-6)8-5-12-3-2-7(8)4-12;3-1(4)2(5)6/h7-8H,2-5H2,1H3;(H,3,4)(H,5,6). The van der Waals surface area contributed by atoms with E-state index in [4.69, 9.17) is 19.8 Å². The fourth-order valence-corrected chi connectivity index (χ4v) is 3.37. The molecule has 2 saturated heterocycles. The molecular weight excluding hydrogens is 270 g/mol. The van der Waals surface area contributed by atoms with Crippen LogP contribution in [-0.2, 0) is 9.59 Å². The fraction of sp³-hybridized carbons (Fsp3) is 0.636. The lowest BCUT2D eigenvalue weighted by molar-refractivity contribution is -0.159. The van der Waals surface area contributed by atoms with Gasteiger partial charge in [-0.15, -0.1) is 0 Å². The molecule has 2 aliphatic rings. The zero-order valence-corrected chi connectivity index (χ0v) is 11.3. The highest BCUT2D eigenvalue weighted by Gasteiger charge is 2.40. The molecular formula is C11H15N3O4S. The van der Waals surface area contributed by atoms with Gasteiger partial charge in [-0.1, -0.05) is 0 Å². The van der Waals surface area contributed by atoms with Gasteiger partial charge in [-0.25, -0.2) is 14.6 Å². The first-order valence-corrected chi connectivity index (χ1v) is 6.73. The number of piperidine rings is 1. The van der Waals surface area contributed by atoms with Crippen LogP contribution >= 0.6 is 11.5 Å². The first kappa shape index (κ1) is 13.9. The minimum Gasteiger partial charge on any atom is -0.473 e. The molecule has 1 aromatic rings. The first-order chi connectivity index (χ1) is 8.97. The van der Waals surface area contributed by atoms with Gasteiger partial charge in [0.25, 0.3) is 0 Å². The van der Waals surface area contributed by atoms with E-state index in [1.54, 1.807) is 11.5 Å². The van der Waals surface area contributed by atoms with Gasteiger partial charge in [0.1, 0.15) is 10.8 Å². The SMILES string of the molecule is Cc1nsc(C2CN3CCC2C3)n1.O=C(O)C(=O)O. The van der Waals surface area contributed by atoms with Crippen molar-refractivity contribution < 1.29 is 19.8 Å². The maximum absolute atomic E-state index is 9.10. The van der Waals surface area contributed by atoms with Gasteiger partial charge in [0.15, 0.2) is 0 Å². The first-order valence-electron chi connectivity index (χ1n) is 5.96. The molecule has 2 bridgehead atoms. The molecule has 0 aliphatic carbocycles. The number of nitrogens with zero attached hydrogens (tertiary/aromatic N) is 3. The van der Waals surface area contributed by atoms with Crippen molar-refractivity contribution in [1.29, 1.82) is 0 Å². The van der Waals surface area contributed by atoms with Crippen molar-refractivity contribution in [3.63, 3.8) is 0 Å². The molecule has 2 fully saturated rings. The molecule has 8 heteroatoms. The number of aryl methyl sites for hydroxylation is 1. The van der Waals surface area contributed by atoms with E-state index in [9.17, 15) is 0 Å². The molecule has 3 rings (SSSR count). The lowest BCUT2D eigenvalue weighted by Gasteiger charge is -2.19. The van der Waals surface area contributed by atoms with Gasteiger partial charge >= 0.3 is 11.9 Å². The Bertz CT molecular complexity index is 478. The number of hydrogen-bond donors (Lipinski definition) is 2. The summed E-state index contributed by atoms with van der Waals surface area (Å²) < 4.78 is 4.26. The van der Waals surface area contributed by atoms with E-state index in [2.05, 4.69) is 14.3 Å². The molecule has 1 aromatic heterocycles. The molecule has 19 heavy (non-hydrogen) atoms. The molecule has 2 N–H and O–H groups in total. The third kappa shape index (κ3) is 3.27. The average Bonchev–Trinajstić information content (AvgIpc) is 3.04. The quantitative estimate of drug-likeness (QED) is 0.721. The van der Waals surface area contributed by atoms with Crippen LogP contribution in [0.25, 0.3) is 0 Å². The number of aromatic nitrogens is 2. The highest BCUT2D eigenvalue weighted by molar-refractivity contribution is 7.05. The van der Waals surface area contributed by atoms with Crippen LogP contribution in [0.3, 0.4) is 0 Å². The molecule has 2 aliphatic heterocycles. The second-order valence-corrected chi connectivity index (χ2v) is 5.49. The Morgan fingerprint density at radius 3 is 2.37 bits per heavy atom. The number of carbonyl (C=O) groups is 2. The topological polar surface area (TPSA) is 104 Å². The predicted molar refractivity (Wildman–Crippen MR) is 67.2 cm³/mol. The number of hydrogen-bond acceptors (Lipinski definition) is 6. The maximum atomic E-state index is 9.10. The average molecular weight is 285 g/mol. The summed E-state index contributed by atoms with van der Waals surface area (Å²) in [6, 6.07) is 0. The van der Waals surface area contributed by atoms with E-state index in [0.717, 1.165) is 11.7 Å². The Hall–Kier alpha value is -1.54. The molecule has 3 atom stereocenters. The Morgan fingerprint density at radius 1 is 1.32 bits per heavy atom. The monoisotopic (exact) mass is 285 g/mol. The molecule has 0 spiro atoms. The fourth-order valence-electron chi connectivity index (χ4n) is 2.53. The summed E-state index contributed by atoms with van der Waals surface area (Å²) in [4.78, 5) is 25.2. The summed E-state index contributed by atoms with van der Waals surface area (Å²) in [7, 11) is 0. The van der Waals surface area contributed by atoms with Gasteiger partial charge < -0.3 is 15.1 Å². The lowest BCUT2D eigenvalue weighted by atomic mass is 9.93. The molecule has 0 saturated carbocycles. The molecule has 7 nitrogen and oxygen atoms in total. The van der Waals surface area contributed by atoms with Crippen molar-refractivity contribution in [2.45, 2.75) is 19.3 Å². The molecule has 3 unspecified atom stereocenters. The van der Waals surface area contributed by atoms with Crippen LogP contribution in [0.2, 0.25) is 0 Å². The zero-order valence-electron chi connectivity index (χ0n) is 10.4. The van der Waals surface area contributed by atoms with Crippen molar-refractivity contribution in [2.24, 2.45) is 5.92 Å². The van der Waals surface area contributed by atoms with E-state index in [0.29, 0.717) is 5.92 Å². The molecule has 0 radical (unpaired) electrons. The van der Waals surface area contributed by atoms with Crippen LogP contribution in [0.15, 0.2) is 0 Å². The molecule has 3 heterocycles. The number of aliphatic carboxylic acids is 2. The summed E-state index contributed by atoms with van der Waals surface area (Å²) in [6.07, 6.45) is 1.36. The zero-order chi connectivity index (χ0) is 14.0. The number of rotatable bonds is 1. The lowest BCUT2D eigenvalue weighted by Crippen LogP contribution is -2.21. The Kier molecular flexibility index (Phi) is 4.11. The van der Waals surface area contributed by atoms with E-state index in [1.165, 1.54) is 31.1 Å². The van der Waals surface area contributed by atoms with E-state index in [1.807, 2.05) is 6.92 Å². The summed E-state index contributed by atoms with van der Waals surface area (Å²) in [5, 5.41) is 16.1. The van der Waals surface area contributed by atoms with Gasteiger partial charge in [-0.3, -0.25) is 0 Å². The van der Waals surface area contributed by atoms with Crippen LogP contribution in [0, 0.1) is 12.8 Å². The van der Waals surface area contributed by atoms with E-state index >= 15 is 0 Å². The van der Waals surface area contributed by atoms with E-state index < -0.39 is 11.9 Å². The maximum Gasteiger partial charge on any atom is 0.414 e. The van der Waals surface area contributed by atoms with Crippen LogP contribution in [0.5, 0.6) is 0 Å². The Morgan fingerprint density at radius 2 is 2.00 bits per heavy atom. The van der Waals surface area contributed by atoms with Gasteiger partial charge in [0.2, 0.25) is 0 Å². The highest BCUT2D eigenvalue weighted by atomic mass is 32.1. The van der Waals surface area contributed by atoms with Gasteiger partial charge in [0, 0.05) is 19.0 Å². The minimum absolute atomic E-state index is 0.694. The van der Waals surface area contributed by atoms with Gasteiger partial charge in [-0.05, 0) is 37.3 Å². The van der Waals surface area contributed by atoms with Gasteiger partial charge in [-0.2, -0.15) is 4.37 Å². The van der Waals surface area contributed by atoms with Crippen LogP contribution < -0.4 is 0 Å². The summed E-state index contributed by atoms with van der Waals surface area (Å²) in [6.45, 7) is 5.80. The van der Waals surface area contributed by atoms with Gasteiger partial charge in [0.05, 0.1) is 0 Å². The van der Waals surface area contributed by atoms with Crippen molar-refractivity contribution in [3.8, 4) is 0 Å². The summed E-state index contributed by atoms with van der Waals surface area (Å²) in [5.74, 6) is -1.14. The second kappa shape index (κ2) is 5.62. The predicted octanol–water partition coefficient (Wildman–Crippen LogP) is 0.421. The number of fused-ring (bicyclic) bond motifs is 2. The van der Waals surface area contributed by atoms with E-state index in [-0.39, 0.29) is 0 Å². The molecule has 0 amide bonds. The largest absolute Gasteiger partial charge is 0.473 e. The summed E-state index contributed by atoms with van der Waals surface area (Å²) in [5.41, 5.74) is 0. The third-order valence-corrected chi connectivity index (χ3v) is 4.31. The number of carboxylic acids is 2. The third-order valence-electron chi connectivity index (χ3n) is 3.38. The van der Waals surface area contributed by atoms with Crippen LogP contribution in [0.1, 0.15) is 23.2 Å². The van der Waals surface area contributed by atoms with Crippen molar-refractivity contribution in [1.82, 2.24) is 14.3 Å². The minimum atomic E-state index is -1.82. The Labute approximate surface area is 114 Å². The second-order valence-electron chi connectivity index (χ2n) is 4.70. The number of carboxylic acid groups (broad SMARTS) is 2. The van der Waals surface area contributed by atoms with Crippen molar-refractivity contribution >= 4 is 23.5 Å². The van der Waals surface area contributed by atoms with Crippen molar-refractivity contribution in [3.05, 3.63) is 10.8 Å².